The number of carbonyl (C=O) groups is 1. The number of hydrogen-bond donors (Lipinski definition) is 0. The molecule has 0 N–H and O–H groups in total. The zero-order valence-electron chi connectivity index (χ0n) is 11.4. The molecular weight excluding hydrogens is 361 g/mol. The fraction of sp³-hybridized carbons (Fsp3) is 0.417. The van der Waals surface area contributed by atoms with Gasteiger partial charge in [-0.2, -0.15) is 0 Å². The minimum absolute atomic E-state index is 0.0626. The van der Waals surface area contributed by atoms with E-state index in [1.165, 1.54) is 11.0 Å². The van der Waals surface area contributed by atoms with Crippen molar-refractivity contribution in [2.24, 2.45) is 0 Å². The van der Waals surface area contributed by atoms with E-state index in [-0.39, 0.29) is 20.5 Å². The van der Waals surface area contributed by atoms with Crippen molar-refractivity contribution in [3.8, 4) is 0 Å². The fourth-order valence-corrected chi connectivity index (χ4v) is 3.54. The average molecular weight is 375 g/mol. The first-order valence-electron chi connectivity index (χ1n) is 5.87. The molecule has 0 aliphatic carbocycles. The number of rotatable bonds is 6. The van der Waals surface area contributed by atoms with E-state index in [9.17, 15) is 13.2 Å². The Morgan fingerprint density at radius 1 is 1.33 bits per heavy atom. The monoisotopic (exact) mass is 373 g/mol. The van der Waals surface area contributed by atoms with Crippen LogP contribution < -0.4 is 0 Å². The molecule has 0 unspecified atom stereocenters. The molecule has 5 nitrogen and oxygen atoms in total. The van der Waals surface area contributed by atoms with Gasteiger partial charge in [-0.1, -0.05) is 23.2 Å². The summed E-state index contributed by atoms with van der Waals surface area (Å²) in [5.41, 5.74) is -0.0834. The van der Waals surface area contributed by atoms with Crippen molar-refractivity contribution in [3.05, 3.63) is 27.7 Å². The van der Waals surface area contributed by atoms with Crippen LogP contribution in [0.25, 0.3) is 0 Å². The molecule has 0 atom stereocenters. The van der Waals surface area contributed by atoms with Gasteiger partial charge in [0.05, 0.1) is 15.6 Å². The highest BCUT2D eigenvalue weighted by molar-refractivity contribution is 8.13. The quantitative estimate of drug-likeness (QED) is 0.567. The highest BCUT2D eigenvalue weighted by atomic mass is 35.7. The number of hydrogen-bond acceptors (Lipinski definition) is 4. The van der Waals surface area contributed by atoms with Crippen molar-refractivity contribution >= 4 is 48.8 Å². The van der Waals surface area contributed by atoms with Gasteiger partial charge in [-0.3, -0.25) is 4.79 Å². The number of carbonyl (C=O) groups excluding carboxylic acids is 1. The third kappa shape index (κ3) is 4.72. The fourth-order valence-electron chi connectivity index (χ4n) is 1.66. The summed E-state index contributed by atoms with van der Waals surface area (Å²) in [7, 11) is 4.34. The Kier molecular flexibility index (Phi) is 6.74. The zero-order valence-corrected chi connectivity index (χ0v) is 14.5. The summed E-state index contributed by atoms with van der Waals surface area (Å²) < 4.78 is 27.7. The molecule has 0 fully saturated rings. The first kappa shape index (κ1) is 18.5. The summed E-state index contributed by atoms with van der Waals surface area (Å²) in [5.74, 6) is -0.483. The number of benzene rings is 1. The molecule has 1 rings (SSSR count). The van der Waals surface area contributed by atoms with Crippen LogP contribution in [0.1, 0.15) is 16.8 Å². The van der Waals surface area contributed by atoms with Crippen molar-refractivity contribution in [2.45, 2.75) is 11.3 Å². The first-order chi connectivity index (χ1) is 9.70. The van der Waals surface area contributed by atoms with E-state index < -0.39 is 15.0 Å². The zero-order chi connectivity index (χ0) is 16.2. The number of halogens is 3. The van der Waals surface area contributed by atoms with Crippen molar-refractivity contribution in [1.82, 2.24) is 4.90 Å². The van der Waals surface area contributed by atoms with Gasteiger partial charge in [-0.05, 0) is 18.6 Å². The second-order valence-electron chi connectivity index (χ2n) is 4.25. The predicted octanol–water partition coefficient (Wildman–Crippen LogP) is 3.03. The standard InChI is InChI=1S/C12H14Cl3NO4S/c1-16(6-3-7-20-2)12(17)10-8(13)4-5-9(11(10)14)21(15,18)19/h4-5H,3,6-7H2,1-2H3. The Balaban J connectivity index is 3.15. The molecule has 1 amide bonds. The molecule has 0 aliphatic heterocycles. The third-order valence-corrected chi connectivity index (χ3v) is 4.90. The van der Waals surface area contributed by atoms with Crippen LogP contribution in [0.4, 0.5) is 0 Å². The second-order valence-corrected chi connectivity index (χ2v) is 7.56. The van der Waals surface area contributed by atoms with Gasteiger partial charge in [0.25, 0.3) is 15.0 Å². The predicted molar refractivity (Wildman–Crippen MR) is 83.0 cm³/mol. The number of amides is 1. The van der Waals surface area contributed by atoms with Crippen molar-refractivity contribution < 1.29 is 17.9 Å². The SMILES string of the molecule is COCCCN(C)C(=O)c1c(Cl)ccc(S(=O)(=O)Cl)c1Cl. The van der Waals surface area contributed by atoms with Gasteiger partial charge in [-0.15, -0.1) is 0 Å². The van der Waals surface area contributed by atoms with E-state index in [2.05, 4.69) is 0 Å². The normalized spacial score (nSPS) is 11.5. The molecule has 9 heteroatoms. The van der Waals surface area contributed by atoms with Gasteiger partial charge < -0.3 is 9.64 Å². The van der Waals surface area contributed by atoms with Gasteiger partial charge in [0.2, 0.25) is 0 Å². The highest BCUT2D eigenvalue weighted by Gasteiger charge is 2.25. The Hall–Kier alpha value is -0.530. The van der Waals surface area contributed by atoms with Crippen molar-refractivity contribution in [3.63, 3.8) is 0 Å². The number of methoxy groups -OCH3 is 1. The van der Waals surface area contributed by atoms with E-state index in [4.69, 9.17) is 38.6 Å². The number of ether oxygens (including phenoxy) is 1. The van der Waals surface area contributed by atoms with Crippen LogP contribution in [0, 0.1) is 0 Å². The summed E-state index contributed by atoms with van der Waals surface area (Å²) in [6, 6.07) is 2.44. The van der Waals surface area contributed by atoms with E-state index in [1.54, 1.807) is 14.2 Å². The third-order valence-electron chi connectivity index (χ3n) is 2.72. The Morgan fingerprint density at radius 3 is 2.48 bits per heavy atom. The van der Waals surface area contributed by atoms with Gasteiger partial charge >= 0.3 is 0 Å². The molecule has 21 heavy (non-hydrogen) atoms. The molecule has 1 aromatic rings. The lowest BCUT2D eigenvalue weighted by Crippen LogP contribution is -2.29. The van der Waals surface area contributed by atoms with E-state index in [1.807, 2.05) is 0 Å². The molecule has 0 heterocycles. The topological polar surface area (TPSA) is 63.7 Å². The average Bonchev–Trinajstić information content (AvgIpc) is 2.37. The lowest BCUT2D eigenvalue weighted by molar-refractivity contribution is 0.0779. The first-order valence-corrected chi connectivity index (χ1v) is 8.93. The maximum Gasteiger partial charge on any atom is 0.262 e. The molecule has 0 radical (unpaired) electrons. The summed E-state index contributed by atoms with van der Waals surface area (Å²) in [6.07, 6.45) is 0.626. The molecule has 0 spiro atoms. The molecular formula is C12H14Cl3NO4S. The van der Waals surface area contributed by atoms with Crippen molar-refractivity contribution in [2.75, 3.05) is 27.3 Å². The lowest BCUT2D eigenvalue weighted by Gasteiger charge is -2.19. The maximum absolute atomic E-state index is 12.3. The summed E-state index contributed by atoms with van der Waals surface area (Å²) in [5, 5.41) is -0.214. The highest BCUT2D eigenvalue weighted by Crippen LogP contribution is 2.33. The van der Waals surface area contributed by atoms with Crippen LogP contribution in [0.15, 0.2) is 17.0 Å². The Morgan fingerprint density at radius 2 is 1.95 bits per heavy atom. The Bertz CT molecular complexity index is 634. The molecule has 118 valence electrons. The second kappa shape index (κ2) is 7.65. The smallest absolute Gasteiger partial charge is 0.262 e. The lowest BCUT2D eigenvalue weighted by atomic mass is 10.2. The van der Waals surface area contributed by atoms with Crippen molar-refractivity contribution in [1.29, 1.82) is 0 Å². The van der Waals surface area contributed by atoms with Crippen LogP contribution in [0.2, 0.25) is 10.0 Å². The molecule has 1 aromatic carbocycles. The summed E-state index contributed by atoms with van der Waals surface area (Å²) in [6.45, 7) is 0.909. The minimum atomic E-state index is -4.06. The van der Waals surface area contributed by atoms with E-state index >= 15 is 0 Å². The largest absolute Gasteiger partial charge is 0.385 e. The molecule has 0 aromatic heterocycles. The van der Waals surface area contributed by atoms with Crippen LogP contribution in [0.5, 0.6) is 0 Å². The van der Waals surface area contributed by atoms with Crippen LogP contribution in [-0.4, -0.2) is 46.5 Å². The maximum atomic E-state index is 12.3. The number of nitrogens with zero attached hydrogens (tertiary/aromatic N) is 1. The summed E-state index contributed by atoms with van der Waals surface area (Å²) >= 11 is 11.9. The molecule has 0 saturated carbocycles. The van der Waals surface area contributed by atoms with Gasteiger partial charge in [0.1, 0.15) is 4.90 Å². The molecule has 0 bridgehead atoms. The summed E-state index contributed by atoms with van der Waals surface area (Å²) in [4.78, 5) is 13.4. The Labute approximate surface area is 138 Å². The van der Waals surface area contributed by atoms with Crippen LogP contribution >= 0.6 is 33.9 Å². The van der Waals surface area contributed by atoms with Crippen LogP contribution in [0.3, 0.4) is 0 Å². The van der Waals surface area contributed by atoms with Gasteiger partial charge in [0, 0.05) is 38.0 Å². The molecule has 0 saturated heterocycles. The van der Waals surface area contributed by atoms with E-state index in [0.717, 1.165) is 6.07 Å². The van der Waals surface area contributed by atoms with Crippen LogP contribution in [-0.2, 0) is 13.8 Å². The van der Waals surface area contributed by atoms with Gasteiger partial charge in [-0.25, -0.2) is 8.42 Å². The minimum Gasteiger partial charge on any atom is -0.385 e. The molecule has 0 aliphatic rings. The van der Waals surface area contributed by atoms with E-state index in [0.29, 0.717) is 19.6 Å². The van der Waals surface area contributed by atoms with Gasteiger partial charge in [0.15, 0.2) is 0 Å².